The number of methoxy groups -OCH3 is 1. The number of fused-ring (bicyclic) bond motifs is 2. The molecule has 8 heteroatoms. The molecule has 0 fully saturated rings. The zero-order valence-corrected chi connectivity index (χ0v) is 23.4. The Morgan fingerprint density at radius 1 is 1.08 bits per heavy atom. The standard InChI is InChI=1S/C30H25BrClNO5/c1-4-37-30(35)24-16(2)33-27-20-7-5-6-8-21(20)28(34)26(27)25(24)18-13-22(31)29(23(14-18)36-3)38-15-17-9-11-19(32)12-10-17/h5-14,25,33H,4,15H2,1-3H3/t25-/m0/s1. The van der Waals surface area contributed by atoms with Crippen LogP contribution in [0.3, 0.4) is 0 Å². The third kappa shape index (κ3) is 4.61. The van der Waals surface area contributed by atoms with Crippen molar-refractivity contribution in [2.45, 2.75) is 26.4 Å². The highest BCUT2D eigenvalue weighted by atomic mass is 79.9. The highest BCUT2D eigenvalue weighted by Gasteiger charge is 2.43. The zero-order chi connectivity index (χ0) is 27.0. The minimum atomic E-state index is -0.666. The first kappa shape index (κ1) is 26.1. The quantitative estimate of drug-likeness (QED) is 0.303. The summed E-state index contributed by atoms with van der Waals surface area (Å²) in [6.45, 7) is 4.10. The van der Waals surface area contributed by atoms with Crippen molar-refractivity contribution < 1.29 is 23.8 Å². The Bertz CT molecular complexity index is 1510. The molecule has 6 nitrogen and oxygen atoms in total. The molecule has 1 aliphatic heterocycles. The maximum atomic E-state index is 13.7. The highest BCUT2D eigenvalue weighted by molar-refractivity contribution is 9.10. The van der Waals surface area contributed by atoms with Crippen molar-refractivity contribution >= 4 is 45.0 Å². The van der Waals surface area contributed by atoms with Gasteiger partial charge in [-0.25, -0.2) is 4.79 Å². The van der Waals surface area contributed by atoms with E-state index in [4.69, 9.17) is 25.8 Å². The number of hydrogen-bond acceptors (Lipinski definition) is 6. The molecule has 194 valence electrons. The summed E-state index contributed by atoms with van der Waals surface area (Å²) in [5.74, 6) is -0.293. The fraction of sp³-hybridized carbons (Fsp3) is 0.200. The van der Waals surface area contributed by atoms with Gasteiger partial charge in [-0.3, -0.25) is 4.79 Å². The van der Waals surface area contributed by atoms with E-state index in [2.05, 4.69) is 21.2 Å². The number of allylic oxidation sites excluding steroid dienone is 2. The summed E-state index contributed by atoms with van der Waals surface area (Å²) >= 11 is 9.63. The van der Waals surface area contributed by atoms with E-state index in [1.165, 1.54) is 0 Å². The fourth-order valence-electron chi connectivity index (χ4n) is 4.92. The molecule has 3 aromatic carbocycles. The summed E-state index contributed by atoms with van der Waals surface area (Å²) in [6, 6.07) is 18.5. The first-order chi connectivity index (χ1) is 18.3. The predicted molar refractivity (Wildman–Crippen MR) is 149 cm³/mol. The van der Waals surface area contributed by atoms with Gasteiger partial charge in [0.2, 0.25) is 0 Å². The molecule has 1 heterocycles. The van der Waals surface area contributed by atoms with Crippen molar-refractivity contribution in [2.24, 2.45) is 0 Å². The SMILES string of the molecule is CCOC(=O)C1=C(C)NC2=C(C(=O)c3ccccc32)[C@H]1c1cc(Br)c(OCc2ccc(Cl)cc2)c(OC)c1. The van der Waals surface area contributed by atoms with Gasteiger partial charge in [-0.1, -0.05) is 48.0 Å². The average Bonchev–Trinajstić information content (AvgIpc) is 3.19. The molecule has 2 aliphatic rings. The van der Waals surface area contributed by atoms with Crippen LogP contribution in [0, 0.1) is 0 Å². The van der Waals surface area contributed by atoms with Gasteiger partial charge in [0, 0.05) is 33.3 Å². The number of dihydropyridines is 1. The number of rotatable bonds is 7. The molecule has 0 amide bonds. The molecular weight excluding hydrogens is 570 g/mol. The monoisotopic (exact) mass is 593 g/mol. The number of nitrogens with one attached hydrogen (secondary N) is 1. The normalized spacial score (nSPS) is 16.1. The molecule has 1 aliphatic carbocycles. The van der Waals surface area contributed by atoms with Gasteiger partial charge in [-0.2, -0.15) is 0 Å². The Kier molecular flexibility index (Phi) is 7.32. The summed E-state index contributed by atoms with van der Waals surface area (Å²) < 4.78 is 17.9. The summed E-state index contributed by atoms with van der Waals surface area (Å²) in [4.78, 5) is 26.9. The number of carbonyl (C=O) groups is 2. The van der Waals surface area contributed by atoms with E-state index in [0.717, 1.165) is 11.1 Å². The molecule has 0 spiro atoms. The van der Waals surface area contributed by atoms with Gasteiger partial charge in [-0.15, -0.1) is 0 Å². The van der Waals surface area contributed by atoms with Crippen LogP contribution in [0.5, 0.6) is 11.5 Å². The Balaban J connectivity index is 1.60. The van der Waals surface area contributed by atoms with Crippen LogP contribution in [0.25, 0.3) is 5.70 Å². The second-order valence-electron chi connectivity index (χ2n) is 8.93. The maximum absolute atomic E-state index is 13.7. The van der Waals surface area contributed by atoms with Crippen molar-refractivity contribution in [1.82, 2.24) is 5.32 Å². The van der Waals surface area contributed by atoms with Crippen LogP contribution in [0.4, 0.5) is 0 Å². The topological polar surface area (TPSA) is 73.9 Å². The van der Waals surface area contributed by atoms with Crippen molar-refractivity contribution in [3.8, 4) is 11.5 Å². The Morgan fingerprint density at radius 3 is 2.47 bits per heavy atom. The third-order valence-electron chi connectivity index (χ3n) is 6.63. The maximum Gasteiger partial charge on any atom is 0.336 e. The molecule has 0 radical (unpaired) electrons. The lowest BCUT2D eigenvalue weighted by Gasteiger charge is -2.30. The number of esters is 1. The molecule has 0 saturated heterocycles. The average molecular weight is 595 g/mol. The number of hydrogen-bond donors (Lipinski definition) is 1. The van der Waals surface area contributed by atoms with Crippen LogP contribution in [-0.2, 0) is 16.1 Å². The van der Waals surface area contributed by atoms with Crippen molar-refractivity contribution in [3.63, 3.8) is 0 Å². The van der Waals surface area contributed by atoms with Crippen LogP contribution in [-0.4, -0.2) is 25.5 Å². The lowest BCUT2D eigenvalue weighted by molar-refractivity contribution is -0.138. The molecule has 0 unspecified atom stereocenters. The van der Waals surface area contributed by atoms with E-state index in [-0.39, 0.29) is 12.4 Å². The van der Waals surface area contributed by atoms with E-state index in [9.17, 15) is 9.59 Å². The first-order valence-corrected chi connectivity index (χ1v) is 13.3. The summed E-state index contributed by atoms with van der Waals surface area (Å²) in [5, 5.41) is 3.96. The second-order valence-corrected chi connectivity index (χ2v) is 10.2. The number of ether oxygens (including phenoxy) is 3. The van der Waals surface area contributed by atoms with Crippen LogP contribution in [0.15, 0.2) is 82.0 Å². The fourth-order valence-corrected chi connectivity index (χ4v) is 5.62. The molecule has 38 heavy (non-hydrogen) atoms. The van der Waals surface area contributed by atoms with Crippen molar-refractivity contribution in [2.75, 3.05) is 13.7 Å². The summed E-state index contributed by atoms with van der Waals surface area (Å²) in [6.07, 6.45) is 0. The second kappa shape index (κ2) is 10.7. The van der Waals surface area contributed by atoms with E-state index >= 15 is 0 Å². The summed E-state index contributed by atoms with van der Waals surface area (Å²) in [5.41, 5.74) is 5.28. The van der Waals surface area contributed by atoms with Crippen molar-refractivity contribution in [1.29, 1.82) is 0 Å². The van der Waals surface area contributed by atoms with Gasteiger partial charge in [0.05, 0.1) is 29.5 Å². The van der Waals surface area contributed by atoms with E-state index in [1.807, 2.05) is 49.4 Å². The van der Waals surface area contributed by atoms with Gasteiger partial charge in [0.15, 0.2) is 17.3 Å². The van der Waals surface area contributed by atoms with Crippen LogP contribution in [0.2, 0.25) is 5.02 Å². The minimum absolute atomic E-state index is 0.124. The third-order valence-corrected chi connectivity index (χ3v) is 7.47. The molecule has 0 saturated carbocycles. The minimum Gasteiger partial charge on any atom is -0.493 e. The number of ketones is 1. The highest BCUT2D eigenvalue weighted by Crippen LogP contribution is 2.49. The molecule has 1 N–H and O–H groups in total. The largest absolute Gasteiger partial charge is 0.493 e. The summed E-state index contributed by atoms with van der Waals surface area (Å²) in [7, 11) is 1.55. The molecule has 0 bridgehead atoms. The first-order valence-electron chi connectivity index (χ1n) is 12.1. The van der Waals surface area contributed by atoms with Crippen LogP contribution in [0.1, 0.15) is 46.8 Å². The predicted octanol–water partition coefficient (Wildman–Crippen LogP) is 6.82. The van der Waals surface area contributed by atoms with Gasteiger partial charge in [-0.05, 0) is 65.2 Å². The molecule has 5 rings (SSSR count). The smallest absolute Gasteiger partial charge is 0.336 e. The lowest BCUT2D eigenvalue weighted by atomic mass is 9.79. The number of carbonyl (C=O) groups excluding carboxylic acids is 2. The molecular formula is C30H25BrClNO5. The van der Waals surface area contributed by atoms with Gasteiger partial charge in [0.1, 0.15) is 6.61 Å². The lowest BCUT2D eigenvalue weighted by Crippen LogP contribution is -2.29. The van der Waals surface area contributed by atoms with E-state index < -0.39 is 11.9 Å². The van der Waals surface area contributed by atoms with Gasteiger partial charge in [0.25, 0.3) is 0 Å². The Labute approximate surface area is 234 Å². The Morgan fingerprint density at radius 2 is 1.79 bits per heavy atom. The molecule has 3 aromatic rings. The van der Waals surface area contributed by atoms with Crippen LogP contribution < -0.4 is 14.8 Å². The van der Waals surface area contributed by atoms with Crippen molar-refractivity contribution in [3.05, 3.63) is 109 Å². The number of benzene rings is 3. The van der Waals surface area contributed by atoms with Gasteiger partial charge >= 0.3 is 5.97 Å². The van der Waals surface area contributed by atoms with Crippen LogP contribution >= 0.6 is 27.5 Å². The van der Waals surface area contributed by atoms with E-state index in [0.29, 0.717) is 61.3 Å². The molecule has 1 atom stereocenters. The zero-order valence-electron chi connectivity index (χ0n) is 21.1. The Hall–Kier alpha value is -3.55. The molecule has 0 aromatic heterocycles. The number of halogens is 2. The number of Topliss-reactive ketones (excluding diaryl/α,β-unsaturated/α-hetero) is 1. The van der Waals surface area contributed by atoms with Gasteiger partial charge < -0.3 is 19.5 Å². The van der Waals surface area contributed by atoms with E-state index in [1.54, 1.807) is 32.2 Å².